The monoisotopic (exact) mass is 267 g/mol. The van der Waals surface area contributed by atoms with Crippen molar-refractivity contribution in [2.45, 2.75) is 32.2 Å². The Morgan fingerprint density at radius 3 is 2.57 bits per heavy atom. The summed E-state index contributed by atoms with van der Waals surface area (Å²) in [5.41, 5.74) is 0.104. The predicted octanol–water partition coefficient (Wildman–Crippen LogP) is 3.06. The van der Waals surface area contributed by atoms with Gasteiger partial charge in [0.1, 0.15) is 0 Å². The molecular formula is C9H15BrFNO2. The first-order chi connectivity index (χ1) is 6.41. The molecule has 0 atom stereocenters. The molecule has 0 aliphatic carbocycles. The van der Waals surface area contributed by atoms with Crippen LogP contribution >= 0.6 is 15.9 Å². The molecule has 82 valence electrons. The molecule has 0 aliphatic rings. The van der Waals surface area contributed by atoms with Crippen LogP contribution in [0.1, 0.15) is 26.7 Å². The fourth-order valence-corrected chi connectivity index (χ4v) is 1.38. The Balaban J connectivity index is 4.04. The molecule has 0 saturated heterocycles. The largest absolute Gasteiger partial charge is 0.465 e. The van der Waals surface area contributed by atoms with Crippen LogP contribution in [0.5, 0.6) is 0 Å². The van der Waals surface area contributed by atoms with E-state index in [1.54, 1.807) is 13.8 Å². The molecular weight excluding hydrogens is 253 g/mol. The first-order valence-electron chi connectivity index (χ1n) is 4.26. The maximum absolute atomic E-state index is 12.2. The van der Waals surface area contributed by atoms with Crippen molar-refractivity contribution >= 4 is 22.0 Å². The van der Waals surface area contributed by atoms with E-state index in [0.29, 0.717) is 30.1 Å². The van der Waals surface area contributed by atoms with Gasteiger partial charge in [-0.1, -0.05) is 15.9 Å². The van der Waals surface area contributed by atoms with Gasteiger partial charge in [0.05, 0.1) is 6.33 Å². The lowest BCUT2D eigenvalue weighted by Crippen LogP contribution is -2.42. The number of hydrogen-bond acceptors (Lipinski definition) is 1. The van der Waals surface area contributed by atoms with E-state index in [0.717, 1.165) is 0 Å². The summed E-state index contributed by atoms with van der Waals surface area (Å²) in [6.07, 6.45) is 0.612. The number of carboxylic acid groups (broad SMARTS) is 1. The van der Waals surface area contributed by atoms with Gasteiger partial charge < -0.3 is 10.4 Å². The highest BCUT2D eigenvalue weighted by molar-refractivity contribution is 9.09. The lowest BCUT2D eigenvalue weighted by atomic mass is 9.96. The molecule has 0 aromatic heterocycles. The number of amides is 1. The zero-order valence-electron chi connectivity index (χ0n) is 8.31. The van der Waals surface area contributed by atoms with E-state index in [1.807, 2.05) is 0 Å². The van der Waals surface area contributed by atoms with Gasteiger partial charge in [0.2, 0.25) is 0 Å². The van der Waals surface area contributed by atoms with E-state index >= 15 is 0 Å². The Morgan fingerprint density at radius 1 is 1.64 bits per heavy atom. The smallest absolute Gasteiger partial charge is 0.405 e. The molecule has 14 heavy (non-hydrogen) atoms. The van der Waals surface area contributed by atoms with Gasteiger partial charge in [-0.25, -0.2) is 9.18 Å². The van der Waals surface area contributed by atoms with Gasteiger partial charge in [0.15, 0.2) is 0 Å². The van der Waals surface area contributed by atoms with Crippen LogP contribution in [0.4, 0.5) is 9.18 Å². The third kappa shape index (κ3) is 5.96. The number of nitrogens with one attached hydrogen (secondary N) is 1. The van der Waals surface area contributed by atoms with Gasteiger partial charge in [-0.3, -0.25) is 0 Å². The minimum atomic E-state index is -1.06. The fourth-order valence-electron chi connectivity index (χ4n) is 0.976. The third-order valence-electron chi connectivity index (χ3n) is 1.84. The summed E-state index contributed by atoms with van der Waals surface area (Å²) < 4.78 is 12.2. The Labute approximate surface area is 91.5 Å². The van der Waals surface area contributed by atoms with Crippen molar-refractivity contribution in [3.8, 4) is 0 Å². The lowest BCUT2D eigenvalue weighted by Gasteiger charge is -2.24. The van der Waals surface area contributed by atoms with Crippen molar-refractivity contribution in [2.24, 2.45) is 0 Å². The van der Waals surface area contributed by atoms with Crippen LogP contribution in [0, 0.1) is 0 Å². The zero-order valence-corrected chi connectivity index (χ0v) is 9.90. The minimum absolute atomic E-state index is 0.479. The second-order valence-corrected chi connectivity index (χ2v) is 4.28. The summed E-state index contributed by atoms with van der Waals surface area (Å²) in [6, 6.07) is 0. The van der Waals surface area contributed by atoms with Crippen LogP contribution in [-0.2, 0) is 0 Å². The number of hydrogen-bond donors (Lipinski definition) is 2. The number of halogens is 2. The summed E-state index contributed by atoms with van der Waals surface area (Å²) in [7, 11) is 0. The average Bonchev–Trinajstić information content (AvgIpc) is 2.03. The number of carbonyl (C=O) groups is 1. The fraction of sp³-hybridized carbons (Fsp3) is 0.667. The molecule has 1 amide bonds. The number of allylic oxidation sites excluding steroid dienone is 1. The van der Waals surface area contributed by atoms with Crippen molar-refractivity contribution in [3.63, 3.8) is 0 Å². The Kier molecular flexibility index (Phi) is 5.76. The molecule has 0 spiro atoms. The second kappa shape index (κ2) is 6.01. The van der Waals surface area contributed by atoms with Crippen LogP contribution in [-0.4, -0.2) is 22.1 Å². The first kappa shape index (κ1) is 13.4. The quantitative estimate of drug-likeness (QED) is 0.753. The molecule has 0 aliphatic heterocycles. The van der Waals surface area contributed by atoms with Crippen LogP contribution in [0.2, 0.25) is 0 Å². The molecule has 0 bridgehead atoms. The van der Waals surface area contributed by atoms with Gasteiger partial charge in [0.25, 0.3) is 0 Å². The predicted molar refractivity (Wildman–Crippen MR) is 57.5 cm³/mol. The van der Waals surface area contributed by atoms with Crippen LogP contribution < -0.4 is 5.32 Å². The zero-order chi connectivity index (χ0) is 11.2. The maximum atomic E-state index is 12.2. The summed E-state index contributed by atoms with van der Waals surface area (Å²) in [4.78, 5) is 10.4. The Bertz CT molecular complexity index is 229. The maximum Gasteiger partial charge on any atom is 0.405 e. The SMILES string of the molecule is CC(C)(CC/C(=C\F)CBr)NC(=O)O. The highest BCUT2D eigenvalue weighted by atomic mass is 79.9. The Hall–Kier alpha value is -0.580. The van der Waals surface area contributed by atoms with E-state index in [2.05, 4.69) is 21.2 Å². The van der Waals surface area contributed by atoms with Gasteiger partial charge in [0, 0.05) is 10.9 Å². The van der Waals surface area contributed by atoms with Crippen molar-refractivity contribution in [1.29, 1.82) is 0 Å². The summed E-state index contributed by atoms with van der Waals surface area (Å²) in [6.45, 7) is 3.54. The highest BCUT2D eigenvalue weighted by Crippen LogP contribution is 2.17. The summed E-state index contributed by atoms with van der Waals surface area (Å²) in [5.74, 6) is 0. The molecule has 2 N–H and O–H groups in total. The molecule has 0 rings (SSSR count). The molecule has 0 heterocycles. The highest BCUT2D eigenvalue weighted by Gasteiger charge is 2.19. The van der Waals surface area contributed by atoms with E-state index in [4.69, 9.17) is 5.11 Å². The molecule has 0 unspecified atom stereocenters. The molecule has 3 nitrogen and oxygen atoms in total. The van der Waals surface area contributed by atoms with Crippen molar-refractivity contribution in [1.82, 2.24) is 5.32 Å². The minimum Gasteiger partial charge on any atom is -0.465 e. The molecule has 0 radical (unpaired) electrons. The summed E-state index contributed by atoms with van der Waals surface area (Å²) >= 11 is 3.15. The van der Waals surface area contributed by atoms with Gasteiger partial charge in [-0.2, -0.15) is 0 Å². The molecule has 0 saturated carbocycles. The molecule has 0 aromatic rings. The Morgan fingerprint density at radius 2 is 2.21 bits per heavy atom. The van der Waals surface area contributed by atoms with E-state index in [1.165, 1.54) is 0 Å². The van der Waals surface area contributed by atoms with Crippen LogP contribution in [0.15, 0.2) is 11.9 Å². The number of alkyl halides is 1. The average molecular weight is 268 g/mol. The molecule has 0 aromatic carbocycles. The third-order valence-corrected chi connectivity index (χ3v) is 2.56. The molecule has 0 fully saturated rings. The van der Waals surface area contributed by atoms with Gasteiger partial charge in [-0.15, -0.1) is 0 Å². The normalized spacial score (nSPS) is 12.7. The first-order valence-corrected chi connectivity index (χ1v) is 5.38. The van der Waals surface area contributed by atoms with E-state index in [-0.39, 0.29) is 0 Å². The topological polar surface area (TPSA) is 49.3 Å². The van der Waals surface area contributed by atoms with Crippen LogP contribution in [0.3, 0.4) is 0 Å². The van der Waals surface area contributed by atoms with E-state index < -0.39 is 11.6 Å². The van der Waals surface area contributed by atoms with Crippen molar-refractivity contribution in [3.05, 3.63) is 11.9 Å². The number of rotatable bonds is 5. The van der Waals surface area contributed by atoms with Gasteiger partial charge >= 0.3 is 6.09 Å². The van der Waals surface area contributed by atoms with Crippen molar-refractivity contribution < 1.29 is 14.3 Å². The van der Waals surface area contributed by atoms with E-state index in [9.17, 15) is 9.18 Å². The van der Waals surface area contributed by atoms with Crippen molar-refractivity contribution in [2.75, 3.05) is 5.33 Å². The summed E-state index contributed by atoms with van der Waals surface area (Å²) in [5, 5.41) is 11.4. The van der Waals surface area contributed by atoms with Crippen LogP contribution in [0.25, 0.3) is 0 Å². The standard InChI is InChI=1S/C9H15BrFNO2/c1-9(2,12-8(13)14)4-3-7(5-10)6-11/h6,12H,3-5H2,1-2H3,(H,13,14)/b7-6+. The molecule has 5 heteroatoms. The lowest BCUT2D eigenvalue weighted by molar-refractivity contribution is 0.180. The second-order valence-electron chi connectivity index (χ2n) is 3.72. The van der Waals surface area contributed by atoms with Gasteiger partial charge in [-0.05, 0) is 32.3 Å².